The molecule has 2 aromatic carbocycles. The topological polar surface area (TPSA) is 72.9 Å². The van der Waals surface area contributed by atoms with Crippen LogP contribution in [0, 0.1) is 6.92 Å². The molecule has 34 heavy (non-hydrogen) atoms. The van der Waals surface area contributed by atoms with Crippen LogP contribution >= 0.6 is 11.8 Å². The van der Waals surface area contributed by atoms with Crippen molar-refractivity contribution in [3.8, 4) is 11.5 Å². The maximum atomic E-state index is 6.04. The lowest BCUT2D eigenvalue weighted by Gasteiger charge is -2.26. The number of aromatic nitrogens is 5. The second kappa shape index (κ2) is 10.5. The Hall–Kier alpha value is -2.97. The van der Waals surface area contributed by atoms with E-state index in [2.05, 4.69) is 80.1 Å². The quantitative estimate of drug-likeness (QED) is 0.311. The summed E-state index contributed by atoms with van der Waals surface area (Å²) >= 11 is 1.61. The van der Waals surface area contributed by atoms with Gasteiger partial charge in [0.25, 0.3) is 0 Å². The van der Waals surface area contributed by atoms with Crippen LogP contribution in [0.25, 0.3) is 11.5 Å². The number of hydrogen-bond acceptors (Lipinski definition) is 7. The fraction of sp³-hybridized carbons (Fsp3) is 0.385. The summed E-state index contributed by atoms with van der Waals surface area (Å²) in [7, 11) is 0. The van der Waals surface area contributed by atoms with Crippen LogP contribution in [0.2, 0.25) is 0 Å². The molecule has 2 aromatic heterocycles. The molecule has 4 aromatic rings. The molecule has 1 aliphatic heterocycles. The van der Waals surface area contributed by atoms with Gasteiger partial charge < -0.3 is 8.98 Å². The van der Waals surface area contributed by atoms with Crippen LogP contribution in [0.3, 0.4) is 0 Å². The molecule has 0 radical (unpaired) electrons. The maximum absolute atomic E-state index is 6.04. The van der Waals surface area contributed by atoms with E-state index in [1.54, 1.807) is 11.8 Å². The van der Waals surface area contributed by atoms with Crippen LogP contribution in [-0.2, 0) is 13.1 Å². The van der Waals surface area contributed by atoms with Gasteiger partial charge in [-0.1, -0.05) is 66.2 Å². The lowest BCUT2D eigenvalue weighted by Crippen LogP contribution is -2.30. The number of hydrogen-bond donors (Lipinski definition) is 0. The zero-order valence-electron chi connectivity index (χ0n) is 19.7. The highest BCUT2D eigenvalue weighted by molar-refractivity contribution is 7.99. The van der Waals surface area contributed by atoms with Crippen molar-refractivity contribution < 1.29 is 4.42 Å². The summed E-state index contributed by atoms with van der Waals surface area (Å²) < 4.78 is 8.28. The van der Waals surface area contributed by atoms with E-state index >= 15 is 0 Å². The van der Waals surface area contributed by atoms with Gasteiger partial charge in [-0.2, -0.15) is 0 Å². The Balaban J connectivity index is 1.37. The summed E-state index contributed by atoms with van der Waals surface area (Å²) in [6.07, 6.45) is 3.83. The van der Waals surface area contributed by atoms with Gasteiger partial charge in [-0.25, -0.2) is 0 Å². The average molecular weight is 475 g/mol. The van der Waals surface area contributed by atoms with Crippen molar-refractivity contribution >= 4 is 11.8 Å². The van der Waals surface area contributed by atoms with Gasteiger partial charge in [0.05, 0.1) is 18.3 Å². The van der Waals surface area contributed by atoms with Crippen molar-refractivity contribution in [2.24, 2.45) is 0 Å². The van der Waals surface area contributed by atoms with Crippen LogP contribution in [0.4, 0.5) is 0 Å². The predicted molar refractivity (Wildman–Crippen MR) is 133 cm³/mol. The molecule has 0 spiro atoms. The van der Waals surface area contributed by atoms with Crippen LogP contribution in [-0.4, -0.2) is 43.0 Å². The van der Waals surface area contributed by atoms with Gasteiger partial charge in [-0.3, -0.25) is 4.90 Å². The van der Waals surface area contributed by atoms with Crippen molar-refractivity contribution in [3.05, 3.63) is 77.4 Å². The molecule has 0 bridgehead atoms. The largest absolute Gasteiger partial charge is 0.419 e. The molecule has 0 N–H and O–H groups in total. The van der Waals surface area contributed by atoms with Crippen molar-refractivity contribution in [2.75, 3.05) is 13.1 Å². The molecule has 1 saturated heterocycles. The minimum atomic E-state index is -0.0485. The molecule has 1 fully saturated rings. The molecular weight excluding hydrogens is 444 g/mol. The van der Waals surface area contributed by atoms with Crippen molar-refractivity contribution in [1.82, 2.24) is 29.9 Å². The molecule has 3 heterocycles. The summed E-state index contributed by atoms with van der Waals surface area (Å²) in [4.78, 5) is 2.49. The van der Waals surface area contributed by atoms with E-state index in [4.69, 9.17) is 4.42 Å². The number of benzene rings is 2. The van der Waals surface area contributed by atoms with E-state index in [-0.39, 0.29) is 5.25 Å². The normalized spacial score (nSPS) is 15.5. The van der Waals surface area contributed by atoms with Crippen molar-refractivity contribution in [1.29, 1.82) is 0 Å². The van der Waals surface area contributed by atoms with Crippen molar-refractivity contribution in [2.45, 2.75) is 56.6 Å². The van der Waals surface area contributed by atoms with Gasteiger partial charge in [0.2, 0.25) is 11.8 Å². The third-order valence-corrected chi connectivity index (χ3v) is 7.19. The van der Waals surface area contributed by atoms with Gasteiger partial charge in [0.15, 0.2) is 5.16 Å². The number of piperidine rings is 1. The van der Waals surface area contributed by atoms with E-state index in [9.17, 15) is 0 Å². The first-order chi connectivity index (χ1) is 16.7. The Labute approximate surface area is 204 Å². The summed E-state index contributed by atoms with van der Waals surface area (Å²) in [6.45, 7) is 7.95. The lowest BCUT2D eigenvalue weighted by atomic mass is 10.1. The maximum Gasteiger partial charge on any atom is 0.247 e. The monoisotopic (exact) mass is 474 g/mol. The predicted octanol–water partition coefficient (Wildman–Crippen LogP) is 5.52. The van der Waals surface area contributed by atoms with E-state index < -0.39 is 0 Å². The Kier molecular flexibility index (Phi) is 7.06. The number of aryl methyl sites for hydroxylation is 1. The minimum absolute atomic E-state index is 0.0485. The molecule has 1 unspecified atom stereocenters. The Morgan fingerprint density at radius 3 is 2.53 bits per heavy atom. The van der Waals surface area contributed by atoms with Gasteiger partial charge >= 0.3 is 0 Å². The zero-order chi connectivity index (χ0) is 23.3. The number of rotatable bonds is 8. The highest BCUT2D eigenvalue weighted by atomic mass is 32.2. The number of nitrogens with zero attached hydrogens (tertiary/aromatic N) is 6. The second-order valence-electron chi connectivity index (χ2n) is 8.88. The zero-order valence-corrected chi connectivity index (χ0v) is 20.5. The molecule has 7 nitrogen and oxygen atoms in total. The van der Waals surface area contributed by atoms with E-state index in [1.807, 2.05) is 18.2 Å². The van der Waals surface area contributed by atoms with Gasteiger partial charge in [-0.15, -0.1) is 20.4 Å². The molecule has 0 aliphatic carbocycles. The van der Waals surface area contributed by atoms with E-state index in [1.165, 1.54) is 24.8 Å². The first-order valence-corrected chi connectivity index (χ1v) is 12.8. The third kappa shape index (κ3) is 5.39. The summed E-state index contributed by atoms with van der Waals surface area (Å²) in [5.41, 5.74) is 3.33. The fourth-order valence-electron chi connectivity index (χ4n) is 4.27. The Morgan fingerprint density at radius 1 is 0.912 bits per heavy atom. The summed E-state index contributed by atoms with van der Waals surface area (Å²) in [5.74, 6) is 2.14. The molecule has 0 amide bonds. The van der Waals surface area contributed by atoms with E-state index in [0.29, 0.717) is 11.8 Å². The number of likely N-dealkylation sites (tertiary alicyclic amines) is 1. The highest BCUT2D eigenvalue weighted by Gasteiger charge is 2.22. The third-order valence-electron chi connectivity index (χ3n) is 6.13. The standard InChI is InChI=1S/C26H30N6OS/c1-19-10-9-13-22(16-19)25-29-28-24(33-25)20(2)34-26-30-27-23(18-31-14-7-4-8-15-31)32(26)17-21-11-5-3-6-12-21/h3,5-6,9-13,16,20H,4,7-8,14-15,17-18H2,1-2H3. The highest BCUT2D eigenvalue weighted by Crippen LogP contribution is 2.35. The SMILES string of the molecule is Cc1cccc(-c2nnc(C(C)Sc3nnc(CN4CCCCC4)n3Cc3ccccc3)o2)c1. The van der Waals surface area contributed by atoms with Crippen LogP contribution < -0.4 is 0 Å². The first kappa shape index (κ1) is 22.8. The number of thioether (sulfide) groups is 1. The van der Waals surface area contributed by atoms with Crippen molar-refractivity contribution in [3.63, 3.8) is 0 Å². The Bertz CT molecular complexity index is 1220. The summed E-state index contributed by atoms with van der Waals surface area (Å²) in [6, 6.07) is 18.6. The van der Waals surface area contributed by atoms with Gasteiger partial charge in [-0.05, 0) is 57.5 Å². The fourth-order valence-corrected chi connectivity index (χ4v) is 5.16. The molecule has 5 rings (SSSR count). The van der Waals surface area contributed by atoms with Crippen LogP contribution in [0.5, 0.6) is 0 Å². The van der Waals surface area contributed by atoms with Gasteiger partial charge in [0, 0.05) is 5.56 Å². The lowest BCUT2D eigenvalue weighted by molar-refractivity contribution is 0.213. The molecular formula is C26H30N6OS. The Morgan fingerprint density at radius 2 is 1.74 bits per heavy atom. The smallest absolute Gasteiger partial charge is 0.247 e. The van der Waals surface area contributed by atoms with Gasteiger partial charge in [0.1, 0.15) is 5.82 Å². The minimum Gasteiger partial charge on any atom is -0.419 e. The van der Waals surface area contributed by atoms with Crippen LogP contribution in [0.1, 0.15) is 54.3 Å². The molecule has 176 valence electrons. The molecule has 1 atom stereocenters. The molecule has 8 heteroatoms. The first-order valence-electron chi connectivity index (χ1n) is 11.9. The molecule has 0 saturated carbocycles. The summed E-state index contributed by atoms with van der Waals surface area (Å²) in [5, 5.41) is 18.6. The van der Waals surface area contributed by atoms with Crippen LogP contribution in [0.15, 0.2) is 64.2 Å². The van der Waals surface area contributed by atoms with E-state index in [0.717, 1.165) is 48.3 Å². The molecule has 1 aliphatic rings. The second-order valence-corrected chi connectivity index (χ2v) is 10.2. The average Bonchev–Trinajstić information content (AvgIpc) is 3.49.